The van der Waals surface area contributed by atoms with Gasteiger partial charge < -0.3 is 19.1 Å². The Hall–Kier alpha value is -5.81. The lowest BCUT2D eigenvalue weighted by Gasteiger charge is -2.27. The number of anilines is 4. The van der Waals surface area contributed by atoms with Crippen molar-refractivity contribution in [2.75, 3.05) is 16.8 Å². The molecule has 0 bridgehead atoms. The van der Waals surface area contributed by atoms with Gasteiger partial charge >= 0.3 is 0 Å². The smallest absolute Gasteiger partial charge is 0.227 e. The number of hydrogen-bond donors (Lipinski definition) is 1. The Morgan fingerprint density at radius 2 is 1.56 bits per heavy atom. The molecule has 5 aromatic carbocycles. The van der Waals surface area contributed by atoms with Crippen molar-refractivity contribution in [1.82, 2.24) is 4.98 Å². The van der Waals surface area contributed by atoms with Gasteiger partial charge in [0, 0.05) is 41.1 Å². The van der Waals surface area contributed by atoms with E-state index in [0.717, 1.165) is 62.4 Å². The van der Waals surface area contributed by atoms with Gasteiger partial charge in [0.15, 0.2) is 0 Å². The van der Waals surface area contributed by atoms with Crippen LogP contribution in [0.2, 0.25) is 0 Å². The third-order valence-electron chi connectivity index (χ3n) is 8.32. The zero-order valence-corrected chi connectivity index (χ0v) is 23.1. The van der Waals surface area contributed by atoms with Crippen molar-refractivity contribution in [3.63, 3.8) is 0 Å². The molecular weight excluding hydrogens is 530 g/mol. The average Bonchev–Trinajstić information content (AvgIpc) is 3.63. The van der Waals surface area contributed by atoms with Crippen LogP contribution in [0.3, 0.4) is 0 Å². The second kappa shape index (κ2) is 9.36. The molecule has 1 N–H and O–H groups in total. The number of benzene rings is 5. The maximum absolute atomic E-state index is 6.34. The zero-order valence-electron chi connectivity index (χ0n) is 23.1. The quantitative estimate of drug-likeness (QED) is 0.234. The zero-order chi connectivity index (χ0) is 28.3. The van der Waals surface area contributed by atoms with Crippen molar-refractivity contribution in [1.29, 1.82) is 0 Å². The van der Waals surface area contributed by atoms with Crippen molar-refractivity contribution in [2.24, 2.45) is 0 Å². The minimum absolute atomic E-state index is 0.625. The number of furan rings is 2. The molecule has 9 rings (SSSR count). The molecule has 0 fully saturated rings. The molecule has 0 aliphatic carbocycles. The number of hydrogen-bond acceptors (Lipinski definition) is 5. The van der Waals surface area contributed by atoms with Crippen LogP contribution < -0.4 is 10.2 Å². The predicted molar refractivity (Wildman–Crippen MR) is 176 cm³/mol. The van der Waals surface area contributed by atoms with E-state index in [0.29, 0.717) is 5.71 Å². The lowest BCUT2D eigenvalue weighted by atomic mass is 9.96. The topological polar surface area (TPSA) is 54.4 Å². The first-order chi connectivity index (χ1) is 21.3. The number of nitrogens with one attached hydrogen (secondary N) is 1. The molecule has 0 amide bonds. The van der Waals surface area contributed by atoms with Crippen LogP contribution in [-0.4, -0.2) is 11.5 Å². The van der Waals surface area contributed by atoms with Gasteiger partial charge in [-0.05, 0) is 70.4 Å². The average molecular weight is 556 g/mol. The molecule has 43 heavy (non-hydrogen) atoms. The van der Waals surface area contributed by atoms with Crippen LogP contribution in [0, 0.1) is 0 Å². The predicted octanol–water partition coefficient (Wildman–Crippen LogP) is 10.5. The van der Waals surface area contributed by atoms with E-state index in [2.05, 4.69) is 124 Å². The summed E-state index contributed by atoms with van der Waals surface area (Å²) in [5.74, 6) is 0.812. The van der Waals surface area contributed by atoms with E-state index in [1.54, 1.807) is 6.20 Å². The Balaban J connectivity index is 1.36. The number of pyridine rings is 1. The van der Waals surface area contributed by atoms with E-state index in [-0.39, 0.29) is 0 Å². The Bertz CT molecular complexity index is 2360. The SMILES string of the molecule is C1=Cc2c(oc3cc(N(c4cc(-c5ccccc5)c5ccccc5c4)c4cccc5oc6ncccc6c45)ccc23)NC1. The van der Waals surface area contributed by atoms with Gasteiger partial charge in [-0.25, -0.2) is 4.98 Å². The van der Waals surface area contributed by atoms with E-state index >= 15 is 0 Å². The second-order valence-corrected chi connectivity index (χ2v) is 10.8. The molecular formula is C38H25N3O2. The molecule has 204 valence electrons. The van der Waals surface area contributed by atoms with E-state index in [9.17, 15) is 0 Å². The summed E-state index contributed by atoms with van der Waals surface area (Å²) in [5, 5.41) is 8.82. The van der Waals surface area contributed by atoms with E-state index in [4.69, 9.17) is 8.83 Å². The third-order valence-corrected chi connectivity index (χ3v) is 8.32. The molecule has 0 saturated carbocycles. The van der Waals surface area contributed by atoms with Gasteiger partial charge in [-0.1, -0.05) is 72.8 Å². The summed E-state index contributed by atoms with van der Waals surface area (Å²) in [5.41, 5.74) is 8.72. The van der Waals surface area contributed by atoms with Crippen LogP contribution in [0.25, 0.3) is 61.0 Å². The molecule has 3 aromatic heterocycles. The third kappa shape index (κ3) is 3.75. The van der Waals surface area contributed by atoms with Crippen LogP contribution >= 0.6 is 0 Å². The summed E-state index contributed by atoms with van der Waals surface area (Å²) >= 11 is 0. The van der Waals surface area contributed by atoms with E-state index in [1.165, 1.54) is 21.9 Å². The van der Waals surface area contributed by atoms with Crippen molar-refractivity contribution >= 4 is 72.8 Å². The van der Waals surface area contributed by atoms with Crippen LogP contribution in [0.1, 0.15) is 5.56 Å². The van der Waals surface area contributed by atoms with Gasteiger partial charge in [0.1, 0.15) is 11.2 Å². The molecule has 0 unspecified atom stereocenters. The number of nitrogens with zero attached hydrogens (tertiary/aromatic N) is 2. The summed E-state index contributed by atoms with van der Waals surface area (Å²) in [6, 6.07) is 40.5. The van der Waals surface area contributed by atoms with E-state index in [1.807, 2.05) is 18.2 Å². The summed E-state index contributed by atoms with van der Waals surface area (Å²) in [6.45, 7) is 0.759. The van der Waals surface area contributed by atoms with Gasteiger partial charge in [-0.15, -0.1) is 0 Å². The highest BCUT2D eigenvalue weighted by atomic mass is 16.4. The van der Waals surface area contributed by atoms with Crippen molar-refractivity contribution in [3.05, 3.63) is 133 Å². The highest BCUT2D eigenvalue weighted by molar-refractivity contribution is 6.13. The molecule has 0 saturated heterocycles. The summed E-state index contributed by atoms with van der Waals surface area (Å²) in [6.07, 6.45) is 6.03. The van der Waals surface area contributed by atoms with Crippen molar-refractivity contribution < 1.29 is 8.83 Å². The minimum atomic E-state index is 0.625. The van der Waals surface area contributed by atoms with Crippen molar-refractivity contribution in [3.8, 4) is 11.1 Å². The van der Waals surface area contributed by atoms with Gasteiger partial charge in [0.2, 0.25) is 11.6 Å². The van der Waals surface area contributed by atoms with E-state index < -0.39 is 0 Å². The lowest BCUT2D eigenvalue weighted by molar-refractivity contribution is 0.628. The Morgan fingerprint density at radius 3 is 2.51 bits per heavy atom. The summed E-state index contributed by atoms with van der Waals surface area (Å²) < 4.78 is 12.6. The van der Waals surface area contributed by atoms with Gasteiger partial charge in [-0.3, -0.25) is 0 Å². The molecule has 0 spiro atoms. The first-order valence-electron chi connectivity index (χ1n) is 14.4. The van der Waals surface area contributed by atoms with Gasteiger partial charge in [0.05, 0.1) is 16.5 Å². The first-order valence-corrected chi connectivity index (χ1v) is 14.4. The molecule has 8 aromatic rings. The van der Waals surface area contributed by atoms with Crippen LogP contribution in [0.5, 0.6) is 0 Å². The fourth-order valence-corrected chi connectivity index (χ4v) is 6.41. The van der Waals surface area contributed by atoms with Crippen molar-refractivity contribution in [2.45, 2.75) is 0 Å². The molecule has 4 heterocycles. The Morgan fingerprint density at radius 1 is 0.674 bits per heavy atom. The highest BCUT2D eigenvalue weighted by Crippen LogP contribution is 2.46. The highest BCUT2D eigenvalue weighted by Gasteiger charge is 2.23. The molecule has 0 radical (unpaired) electrons. The van der Waals surface area contributed by atoms with Gasteiger partial charge in [-0.2, -0.15) is 0 Å². The number of fused-ring (bicyclic) bond motifs is 7. The monoisotopic (exact) mass is 555 g/mol. The van der Waals surface area contributed by atoms with Crippen LogP contribution in [-0.2, 0) is 0 Å². The van der Waals surface area contributed by atoms with Crippen LogP contribution in [0.15, 0.2) is 136 Å². The normalized spacial score (nSPS) is 12.7. The maximum Gasteiger partial charge on any atom is 0.227 e. The fourth-order valence-electron chi connectivity index (χ4n) is 6.41. The van der Waals surface area contributed by atoms with Gasteiger partial charge in [0.25, 0.3) is 0 Å². The molecule has 5 heteroatoms. The first kappa shape index (κ1) is 23.9. The number of rotatable bonds is 4. The summed E-state index contributed by atoms with van der Waals surface area (Å²) in [7, 11) is 0. The fraction of sp³-hybridized carbons (Fsp3) is 0.0263. The number of aromatic nitrogens is 1. The second-order valence-electron chi connectivity index (χ2n) is 10.8. The van der Waals surface area contributed by atoms with Crippen LogP contribution in [0.4, 0.5) is 22.9 Å². The Kier molecular flexibility index (Phi) is 5.19. The molecule has 1 aliphatic heterocycles. The molecule has 5 nitrogen and oxygen atoms in total. The maximum atomic E-state index is 6.34. The molecule has 0 atom stereocenters. The minimum Gasteiger partial charge on any atom is -0.440 e. The standard InChI is InChI=1S/C38H25N3O2/c1-2-9-24(10-3-1)32-22-27(21-25-11-4-5-12-28(25)32)41(26-17-18-29-30-13-7-19-39-37(30)43-35(29)23-26)33-15-6-16-34-36(33)31-14-8-20-40-38(31)42-34/h1-18,20-23,39H,19H2. The largest absolute Gasteiger partial charge is 0.440 e. The Labute approximate surface area is 247 Å². The molecule has 1 aliphatic rings. The summed E-state index contributed by atoms with van der Waals surface area (Å²) in [4.78, 5) is 6.84. The lowest BCUT2D eigenvalue weighted by Crippen LogP contribution is -2.10.